The van der Waals surface area contributed by atoms with Gasteiger partial charge in [0.15, 0.2) is 0 Å². The average Bonchev–Trinajstić information content (AvgIpc) is 2.25. The van der Waals surface area contributed by atoms with Crippen LogP contribution in [0.4, 0.5) is 14.5 Å². The van der Waals surface area contributed by atoms with E-state index < -0.39 is 11.6 Å². The van der Waals surface area contributed by atoms with Gasteiger partial charge in [-0.25, -0.2) is 8.78 Å². The molecule has 0 radical (unpaired) electrons. The van der Waals surface area contributed by atoms with Crippen LogP contribution < -0.4 is 5.32 Å². The molecule has 5 heteroatoms. The summed E-state index contributed by atoms with van der Waals surface area (Å²) >= 11 is 3.02. The lowest BCUT2D eigenvalue weighted by molar-refractivity contribution is 0.184. The highest BCUT2D eigenvalue weighted by atomic mass is 79.9. The Balaban J connectivity index is 2.83. The van der Waals surface area contributed by atoms with Crippen LogP contribution in [-0.2, 0) is 4.74 Å². The normalized spacial score (nSPS) is 12.6. The molecular weight excluding hydrogens is 280 g/mol. The molecule has 0 spiro atoms. The lowest BCUT2D eigenvalue weighted by atomic mass is 10.2. The zero-order chi connectivity index (χ0) is 12.1. The zero-order valence-electron chi connectivity index (χ0n) is 9.19. The van der Waals surface area contributed by atoms with E-state index in [0.29, 0.717) is 6.61 Å². The van der Waals surface area contributed by atoms with Gasteiger partial charge < -0.3 is 10.1 Å². The molecule has 1 N–H and O–H groups in total. The second-order valence-corrected chi connectivity index (χ2v) is 4.31. The molecule has 0 saturated carbocycles. The largest absolute Gasteiger partial charge is 0.383 e. The van der Waals surface area contributed by atoms with Crippen molar-refractivity contribution < 1.29 is 13.5 Å². The van der Waals surface area contributed by atoms with Gasteiger partial charge in [-0.2, -0.15) is 0 Å². The molecule has 1 atom stereocenters. The van der Waals surface area contributed by atoms with E-state index in [1.54, 1.807) is 7.11 Å². The first kappa shape index (κ1) is 13.4. The Morgan fingerprint density at radius 1 is 1.38 bits per heavy atom. The van der Waals surface area contributed by atoms with Crippen LogP contribution in [0.25, 0.3) is 0 Å². The van der Waals surface area contributed by atoms with Gasteiger partial charge in [0.1, 0.15) is 11.6 Å². The minimum Gasteiger partial charge on any atom is -0.383 e. The summed E-state index contributed by atoms with van der Waals surface area (Å²) in [6, 6.07) is 2.26. The number of hydrogen-bond donors (Lipinski definition) is 1. The van der Waals surface area contributed by atoms with Crippen LogP contribution in [0.1, 0.15) is 13.3 Å². The first-order chi connectivity index (χ1) is 7.58. The van der Waals surface area contributed by atoms with E-state index in [0.717, 1.165) is 12.5 Å². The average molecular weight is 294 g/mol. The summed E-state index contributed by atoms with van der Waals surface area (Å²) in [7, 11) is 1.58. The van der Waals surface area contributed by atoms with Gasteiger partial charge in [0.05, 0.1) is 16.8 Å². The van der Waals surface area contributed by atoms with E-state index in [9.17, 15) is 8.78 Å². The highest BCUT2D eigenvalue weighted by molar-refractivity contribution is 9.10. The van der Waals surface area contributed by atoms with Crippen LogP contribution in [0.5, 0.6) is 0 Å². The van der Waals surface area contributed by atoms with Crippen molar-refractivity contribution in [2.75, 3.05) is 19.0 Å². The van der Waals surface area contributed by atoms with E-state index in [1.807, 2.05) is 6.92 Å². The second-order valence-electron chi connectivity index (χ2n) is 3.45. The van der Waals surface area contributed by atoms with Crippen molar-refractivity contribution >= 4 is 21.6 Å². The molecule has 0 fully saturated rings. The van der Waals surface area contributed by atoms with Gasteiger partial charge in [-0.3, -0.25) is 0 Å². The Hall–Kier alpha value is -0.680. The molecule has 90 valence electrons. The highest BCUT2D eigenvalue weighted by Gasteiger charge is 2.12. The number of hydrogen-bond acceptors (Lipinski definition) is 2. The predicted octanol–water partition coefficient (Wildman–Crippen LogP) is 3.56. The zero-order valence-corrected chi connectivity index (χ0v) is 10.8. The number of halogens is 3. The number of ether oxygens (including phenoxy) is 1. The Morgan fingerprint density at radius 3 is 2.62 bits per heavy atom. The van der Waals surface area contributed by atoms with E-state index in [-0.39, 0.29) is 16.2 Å². The molecule has 0 bridgehead atoms. The van der Waals surface area contributed by atoms with E-state index in [4.69, 9.17) is 4.74 Å². The summed E-state index contributed by atoms with van der Waals surface area (Å²) in [6.45, 7) is 2.44. The Morgan fingerprint density at radius 2 is 2.06 bits per heavy atom. The summed E-state index contributed by atoms with van der Waals surface area (Å²) in [5.74, 6) is -1.21. The highest BCUT2D eigenvalue weighted by Crippen LogP contribution is 2.24. The number of benzene rings is 1. The number of anilines is 1. The molecule has 0 aliphatic carbocycles. The van der Waals surface area contributed by atoms with Gasteiger partial charge in [0.25, 0.3) is 0 Å². The first-order valence-electron chi connectivity index (χ1n) is 4.98. The molecule has 0 aliphatic rings. The van der Waals surface area contributed by atoms with E-state index in [2.05, 4.69) is 21.2 Å². The third kappa shape index (κ3) is 3.42. The van der Waals surface area contributed by atoms with Crippen LogP contribution in [0.3, 0.4) is 0 Å². The quantitative estimate of drug-likeness (QED) is 0.838. The topological polar surface area (TPSA) is 21.3 Å². The molecule has 1 unspecified atom stereocenters. The molecule has 1 rings (SSSR count). The molecule has 0 aromatic heterocycles. The van der Waals surface area contributed by atoms with Crippen LogP contribution >= 0.6 is 15.9 Å². The fraction of sp³-hybridized carbons (Fsp3) is 0.455. The number of nitrogens with one attached hydrogen (secondary N) is 1. The minimum absolute atomic E-state index is 0.0110. The monoisotopic (exact) mass is 293 g/mol. The molecule has 0 saturated heterocycles. The van der Waals surface area contributed by atoms with Crippen LogP contribution in [0, 0.1) is 11.6 Å². The van der Waals surface area contributed by atoms with Gasteiger partial charge in [0, 0.05) is 19.2 Å². The minimum atomic E-state index is -0.608. The molecule has 0 heterocycles. The third-order valence-electron chi connectivity index (χ3n) is 2.23. The molecule has 0 amide bonds. The molecular formula is C11H14BrF2NO. The van der Waals surface area contributed by atoms with Crippen molar-refractivity contribution in [3.05, 3.63) is 28.2 Å². The van der Waals surface area contributed by atoms with E-state index >= 15 is 0 Å². The maximum Gasteiger partial charge on any atom is 0.149 e. The fourth-order valence-electron chi connectivity index (χ4n) is 1.32. The van der Waals surface area contributed by atoms with Gasteiger partial charge >= 0.3 is 0 Å². The Bertz CT molecular complexity index is 360. The molecule has 1 aromatic rings. The van der Waals surface area contributed by atoms with Gasteiger partial charge in [-0.05, 0) is 28.4 Å². The number of methoxy groups -OCH3 is 1. The van der Waals surface area contributed by atoms with Gasteiger partial charge in [-0.1, -0.05) is 6.92 Å². The van der Waals surface area contributed by atoms with Crippen molar-refractivity contribution in [2.24, 2.45) is 0 Å². The standard InChI is InChI=1S/C11H14BrF2NO/c1-3-7(6-16-2)15-11-4-8(12)9(13)5-10(11)14/h4-5,7,15H,3,6H2,1-2H3. The van der Waals surface area contributed by atoms with Gasteiger partial charge in [-0.15, -0.1) is 0 Å². The molecule has 0 aliphatic heterocycles. The van der Waals surface area contributed by atoms with Crippen molar-refractivity contribution in [1.29, 1.82) is 0 Å². The lowest BCUT2D eigenvalue weighted by Gasteiger charge is -2.18. The van der Waals surface area contributed by atoms with Crippen molar-refractivity contribution in [1.82, 2.24) is 0 Å². The summed E-state index contributed by atoms with van der Waals surface area (Å²) in [5, 5.41) is 2.97. The molecule has 2 nitrogen and oxygen atoms in total. The fourth-order valence-corrected chi connectivity index (χ4v) is 1.66. The summed E-state index contributed by atoms with van der Waals surface area (Å²) < 4.78 is 31.6. The third-order valence-corrected chi connectivity index (χ3v) is 2.84. The van der Waals surface area contributed by atoms with Crippen LogP contribution in [0.15, 0.2) is 16.6 Å². The molecule has 16 heavy (non-hydrogen) atoms. The van der Waals surface area contributed by atoms with Crippen LogP contribution in [-0.4, -0.2) is 19.8 Å². The number of rotatable bonds is 5. The second kappa shape index (κ2) is 6.15. The SMILES string of the molecule is CCC(COC)Nc1cc(Br)c(F)cc1F. The Kier molecular flexibility index (Phi) is 5.15. The first-order valence-corrected chi connectivity index (χ1v) is 5.77. The van der Waals surface area contributed by atoms with Crippen molar-refractivity contribution in [3.8, 4) is 0 Å². The van der Waals surface area contributed by atoms with Gasteiger partial charge in [0.2, 0.25) is 0 Å². The van der Waals surface area contributed by atoms with Crippen molar-refractivity contribution in [2.45, 2.75) is 19.4 Å². The summed E-state index contributed by atoms with van der Waals surface area (Å²) in [5.41, 5.74) is 0.275. The predicted molar refractivity (Wildman–Crippen MR) is 63.6 cm³/mol. The Labute approximate surface area is 102 Å². The summed E-state index contributed by atoms with van der Waals surface area (Å²) in [4.78, 5) is 0. The summed E-state index contributed by atoms with van der Waals surface area (Å²) in [6.07, 6.45) is 0.794. The van der Waals surface area contributed by atoms with Crippen LogP contribution in [0.2, 0.25) is 0 Å². The molecule has 1 aromatic carbocycles. The van der Waals surface area contributed by atoms with Crippen molar-refractivity contribution in [3.63, 3.8) is 0 Å². The maximum absolute atomic E-state index is 13.4. The van der Waals surface area contributed by atoms with E-state index in [1.165, 1.54) is 6.07 Å². The lowest BCUT2D eigenvalue weighted by Crippen LogP contribution is -2.24. The maximum atomic E-state index is 13.4. The smallest absolute Gasteiger partial charge is 0.149 e.